The predicted molar refractivity (Wildman–Crippen MR) is 59.3 cm³/mol. The Kier molecular flexibility index (Phi) is 4.75. The first-order valence-corrected chi connectivity index (χ1v) is 6.19. The van der Waals surface area contributed by atoms with Gasteiger partial charge in [-0.2, -0.15) is 0 Å². The van der Waals surface area contributed by atoms with E-state index in [0.29, 0.717) is 16.9 Å². The van der Waals surface area contributed by atoms with Crippen molar-refractivity contribution >= 4 is 17.7 Å². The van der Waals surface area contributed by atoms with Crippen LogP contribution in [-0.4, -0.2) is 34.7 Å². The minimum absolute atomic E-state index is 0.116. The minimum Gasteiger partial charge on any atom is -0.393 e. The number of aliphatic hydroxyl groups excluding tert-OH is 1. The van der Waals surface area contributed by atoms with Crippen molar-refractivity contribution in [1.29, 1.82) is 0 Å². The highest BCUT2D eigenvalue weighted by Gasteiger charge is 2.26. The molecule has 1 aliphatic rings. The van der Waals surface area contributed by atoms with Gasteiger partial charge in [-0.25, -0.2) is 0 Å². The third kappa shape index (κ3) is 4.33. The summed E-state index contributed by atoms with van der Waals surface area (Å²) in [7, 11) is 0. The molecule has 3 nitrogen and oxygen atoms in total. The second-order valence-corrected chi connectivity index (χ2v) is 5.72. The van der Waals surface area contributed by atoms with E-state index in [0.717, 1.165) is 19.4 Å². The van der Waals surface area contributed by atoms with E-state index in [1.54, 1.807) is 11.8 Å². The van der Waals surface area contributed by atoms with Crippen molar-refractivity contribution in [1.82, 2.24) is 5.32 Å². The zero-order valence-corrected chi connectivity index (χ0v) is 9.64. The average Bonchev–Trinajstić information content (AvgIpc) is 2.07. The first-order valence-electron chi connectivity index (χ1n) is 5.14. The Labute approximate surface area is 89.6 Å². The van der Waals surface area contributed by atoms with E-state index in [-0.39, 0.29) is 12.0 Å². The Balaban J connectivity index is 1.98. The maximum Gasteiger partial charge on any atom is 0.230 e. The van der Waals surface area contributed by atoms with E-state index in [2.05, 4.69) is 19.2 Å². The molecular weight excluding hydrogens is 198 g/mol. The average molecular weight is 217 g/mol. The molecule has 0 aliphatic heterocycles. The first kappa shape index (κ1) is 11.9. The molecular formula is C10H19NO2S. The lowest BCUT2D eigenvalue weighted by molar-refractivity contribution is -0.119. The van der Waals surface area contributed by atoms with E-state index in [4.69, 9.17) is 5.11 Å². The summed E-state index contributed by atoms with van der Waals surface area (Å²) in [5.74, 6) is 1.16. The summed E-state index contributed by atoms with van der Waals surface area (Å²) < 4.78 is 0. The molecule has 1 aliphatic carbocycles. The van der Waals surface area contributed by atoms with Crippen LogP contribution in [0.2, 0.25) is 0 Å². The monoisotopic (exact) mass is 217 g/mol. The Morgan fingerprint density at radius 1 is 1.57 bits per heavy atom. The number of hydrogen-bond donors (Lipinski definition) is 2. The van der Waals surface area contributed by atoms with Crippen LogP contribution in [0.1, 0.15) is 26.7 Å². The van der Waals surface area contributed by atoms with Gasteiger partial charge in [0, 0.05) is 6.54 Å². The molecule has 0 bridgehead atoms. The van der Waals surface area contributed by atoms with Crippen molar-refractivity contribution in [2.75, 3.05) is 12.3 Å². The number of hydrogen-bond acceptors (Lipinski definition) is 3. The summed E-state index contributed by atoms with van der Waals surface area (Å²) in [6.07, 6.45) is 1.57. The summed E-state index contributed by atoms with van der Waals surface area (Å²) in [4.78, 5) is 11.3. The Hall–Kier alpha value is -0.220. The Morgan fingerprint density at radius 2 is 2.21 bits per heavy atom. The highest BCUT2D eigenvalue weighted by Crippen LogP contribution is 2.26. The summed E-state index contributed by atoms with van der Waals surface area (Å²) >= 11 is 1.66. The maximum absolute atomic E-state index is 11.3. The van der Waals surface area contributed by atoms with Crippen LogP contribution < -0.4 is 5.32 Å². The predicted octanol–water partition coefficient (Wildman–Crippen LogP) is 1.02. The normalized spacial score (nSPS) is 26.0. The molecule has 0 heterocycles. The lowest BCUT2D eigenvalue weighted by Crippen LogP contribution is -2.39. The zero-order valence-electron chi connectivity index (χ0n) is 8.82. The van der Waals surface area contributed by atoms with Gasteiger partial charge in [0.15, 0.2) is 0 Å². The Morgan fingerprint density at radius 3 is 2.71 bits per heavy atom. The summed E-state index contributed by atoms with van der Waals surface area (Å²) in [5.41, 5.74) is 0. The van der Waals surface area contributed by atoms with E-state index in [1.165, 1.54) is 0 Å². The molecule has 1 amide bonds. The van der Waals surface area contributed by atoms with Crippen molar-refractivity contribution in [3.63, 3.8) is 0 Å². The molecule has 0 saturated heterocycles. The standard InChI is InChI=1S/C10H19NO2S/c1-7(2)14-6-10(13)11-5-8-3-9(12)4-8/h7-9,12H,3-6H2,1-2H3,(H,11,13). The molecule has 0 radical (unpaired) electrons. The van der Waals surface area contributed by atoms with Crippen LogP contribution in [0.25, 0.3) is 0 Å². The number of carbonyl (C=O) groups is 1. The van der Waals surface area contributed by atoms with Crippen LogP contribution in [0.4, 0.5) is 0 Å². The van der Waals surface area contributed by atoms with Crippen molar-refractivity contribution in [2.24, 2.45) is 5.92 Å². The molecule has 1 saturated carbocycles. The Bertz CT molecular complexity index is 191. The van der Waals surface area contributed by atoms with Crippen molar-refractivity contribution < 1.29 is 9.90 Å². The topological polar surface area (TPSA) is 49.3 Å². The van der Waals surface area contributed by atoms with Crippen LogP contribution in [0.15, 0.2) is 0 Å². The fourth-order valence-electron chi connectivity index (χ4n) is 1.42. The zero-order chi connectivity index (χ0) is 10.6. The molecule has 0 atom stereocenters. The number of carbonyl (C=O) groups excluding carboxylic acids is 1. The van der Waals surface area contributed by atoms with Gasteiger partial charge in [-0.05, 0) is 24.0 Å². The van der Waals surface area contributed by atoms with Gasteiger partial charge in [0.2, 0.25) is 5.91 Å². The lowest BCUT2D eigenvalue weighted by Gasteiger charge is -2.31. The first-order chi connectivity index (χ1) is 6.58. The fraction of sp³-hybridized carbons (Fsp3) is 0.900. The number of aliphatic hydroxyl groups is 1. The molecule has 0 spiro atoms. The highest BCUT2D eigenvalue weighted by molar-refractivity contribution is 8.00. The van der Waals surface area contributed by atoms with Gasteiger partial charge < -0.3 is 10.4 Å². The lowest BCUT2D eigenvalue weighted by atomic mass is 9.82. The number of amides is 1. The fourth-order valence-corrected chi connectivity index (χ4v) is 2.01. The van der Waals surface area contributed by atoms with Gasteiger partial charge in [-0.3, -0.25) is 4.79 Å². The molecule has 0 aromatic heterocycles. The largest absolute Gasteiger partial charge is 0.393 e. The highest BCUT2D eigenvalue weighted by atomic mass is 32.2. The molecule has 1 fully saturated rings. The third-order valence-corrected chi connectivity index (χ3v) is 3.44. The summed E-state index contributed by atoms with van der Waals surface area (Å²) in [5, 5.41) is 12.4. The maximum atomic E-state index is 11.3. The van der Waals surface area contributed by atoms with Crippen LogP contribution in [-0.2, 0) is 4.79 Å². The van der Waals surface area contributed by atoms with Crippen LogP contribution in [0.5, 0.6) is 0 Å². The van der Waals surface area contributed by atoms with E-state index in [1.807, 2.05) is 0 Å². The van der Waals surface area contributed by atoms with Crippen molar-refractivity contribution in [2.45, 2.75) is 38.0 Å². The van der Waals surface area contributed by atoms with Crippen LogP contribution in [0, 0.1) is 5.92 Å². The molecule has 0 unspecified atom stereocenters. The smallest absolute Gasteiger partial charge is 0.230 e. The van der Waals surface area contributed by atoms with E-state index in [9.17, 15) is 4.79 Å². The molecule has 14 heavy (non-hydrogen) atoms. The summed E-state index contributed by atoms with van der Waals surface area (Å²) in [6, 6.07) is 0. The van der Waals surface area contributed by atoms with E-state index < -0.39 is 0 Å². The number of nitrogens with one attached hydrogen (secondary N) is 1. The second kappa shape index (κ2) is 5.61. The number of rotatable bonds is 5. The molecule has 2 N–H and O–H groups in total. The van der Waals surface area contributed by atoms with Gasteiger partial charge in [0.1, 0.15) is 0 Å². The second-order valence-electron chi connectivity index (χ2n) is 4.16. The minimum atomic E-state index is -0.123. The molecule has 82 valence electrons. The van der Waals surface area contributed by atoms with Crippen LogP contribution >= 0.6 is 11.8 Å². The molecule has 1 rings (SSSR count). The van der Waals surface area contributed by atoms with E-state index >= 15 is 0 Å². The number of thioether (sulfide) groups is 1. The SMILES string of the molecule is CC(C)SCC(=O)NCC1CC(O)C1. The molecule has 0 aromatic carbocycles. The van der Waals surface area contributed by atoms with Crippen molar-refractivity contribution in [3.05, 3.63) is 0 Å². The third-order valence-electron chi connectivity index (χ3n) is 2.35. The van der Waals surface area contributed by atoms with Crippen molar-refractivity contribution in [3.8, 4) is 0 Å². The van der Waals surface area contributed by atoms with Gasteiger partial charge in [0.05, 0.1) is 11.9 Å². The van der Waals surface area contributed by atoms with Gasteiger partial charge >= 0.3 is 0 Å². The van der Waals surface area contributed by atoms with Gasteiger partial charge in [-0.1, -0.05) is 13.8 Å². The van der Waals surface area contributed by atoms with Gasteiger partial charge in [-0.15, -0.1) is 11.8 Å². The summed E-state index contributed by atoms with van der Waals surface area (Å²) in [6.45, 7) is 4.90. The quantitative estimate of drug-likeness (QED) is 0.723. The van der Waals surface area contributed by atoms with Gasteiger partial charge in [0.25, 0.3) is 0 Å². The van der Waals surface area contributed by atoms with Crippen LogP contribution in [0.3, 0.4) is 0 Å². The molecule has 4 heteroatoms. The molecule has 0 aromatic rings.